The highest BCUT2D eigenvalue weighted by Gasteiger charge is 2.16. The molecule has 2 aromatic carbocycles. The van der Waals surface area contributed by atoms with Gasteiger partial charge in [0.1, 0.15) is 5.52 Å². The first kappa shape index (κ1) is 17.3. The minimum atomic E-state index is -3.21. The molecule has 3 aromatic rings. The van der Waals surface area contributed by atoms with Crippen LogP contribution in [-0.2, 0) is 16.9 Å². The maximum atomic E-state index is 12.1. The van der Waals surface area contributed by atoms with Crippen molar-refractivity contribution in [1.29, 1.82) is 0 Å². The number of hydrogen-bond donors (Lipinski definition) is 1. The van der Waals surface area contributed by atoms with Crippen LogP contribution in [0.25, 0.3) is 11.0 Å². The van der Waals surface area contributed by atoms with Crippen molar-refractivity contribution in [1.82, 2.24) is 9.55 Å². The number of rotatable bonds is 4. The van der Waals surface area contributed by atoms with Gasteiger partial charge in [-0.05, 0) is 42.8 Å². The predicted octanol–water partition coefficient (Wildman–Crippen LogP) is 3.03. The zero-order valence-corrected chi connectivity index (χ0v) is 15.6. The highest BCUT2D eigenvalue weighted by atomic mass is 32.2. The molecule has 0 saturated heterocycles. The minimum Gasteiger partial charge on any atom is -0.397 e. The average Bonchev–Trinajstić information content (AvgIpc) is 2.96. The van der Waals surface area contributed by atoms with Gasteiger partial charge in [-0.3, -0.25) is 0 Å². The lowest BCUT2D eigenvalue weighted by Gasteiger charge is -2.23. The second-order valence-corrected chi connectivity index (χ2v) is 8.45. The Morgan fingerprint density at radius 3 is 2.60 bits per heavy atom. The molecule has 7 heteroatoms. The monoisotopic (exact) mass is 358 g/mol. The molecular weight excluding hydrogens is 336 g/mol. The van der Waals surface area contributed by atoms with Crippen LogP contribution in [0.3, 0.4) is 0 Å². The summed E-state index contributed by atoms with van der Waals surface area (Å²) in [5, 5.41) is 0. The van der Waals surface area contributed by atoms with Crippen LogP contribution in [0.4, 0.5) is 17.1 Å². The molecular formula is C18H22N4O2S. The molecule has 0 aliphatic rings. The quantitative estimate of drug-likeness (QED) is 0.725. The number of sulfone groups is 1. The molecule has 0 aliphatic carbocycles. The van der Waals surface area contributed by atoms with Gasteiger partial charge in [0.25, 0.3) is 0 Å². The molecule has 2 N–H and O–H groups in total. The molecule has 6 nitrogen and oxygen atoms in total. The lowest BCUT2D eigenvalue weighted by molar-refractivity contribution is 0.597. The Labute approximate surface area is 147 Å². The molecule has 0 spiro atoms. The van der Waals surface area contributed by atoms with Crippen molar-refractivity contribution in [2.75, 3.05) is 23.4 Å². The highest BCUT2D eigenvalue weighted by Crippen LogP contribution is 2.33. The molecule has 0 radical (unpaired) electrons. The van der Waals surface area contributed by atoms with Crippen molar-refractivity contribution in [2.45, 2.75) is 18.7 Å². The average molecular weight is 358 g/mol. The van der Waals surface area contributed by atoms with E-state index in [1.54, 1.807) is 25.4 Å². The summed E-state index contributed by atoms with van der Waals surface area (Å²) in [6, 6.07) is 9.11. The lowest BCUT2D eigenvalue weighted by Crippen LogP contribution is -2.12. The summed E-state index contributed by atoms with van der Waals surface area (Å²) in [7, 11) is 0.651. The lowest BCUT2D eigenvalue weighted by atomic mass is 10.1. The summed E-state index contributed by atoms with van der Waals surface area (Å²) in [5.74, 6) is 0.0926. The van der Waals surface area contributed by atoms with E-state index in [1.165, 1.54) is 0 Å². The van der Waals surface area contributed by atoms with E-state index in [-0.39, 0.29) is 5.75 Å². The first-order valence-electron chi connectivity index (χ1n) is 8.02. The van der Waals surface area contributed by atoms with Gasteiger partial charge in [0.2, 0.25) is 0 Å². The van der Waals surface area contributed by atoms with Crippen LogP contribution in [0.2, 0.25) is 0 Å². The smallest absolute Gasteiger partial charge is 0.178 e. The Bertz CT molecular complexity index is 1050. The Morgan fingerprint density at radius 1 is 1.24 bits per heavy atom. The number of aromatic nitrogens is 2. The molecule has 0 atom stereocenters. The van der Waals surface area contributed by atoms with E-state index in [1.807, 2.05) is 48.7 Å². The number of benzene rings is 2. The van der Waals surface area contributed by atoms with E-state index in [9.17, 15) is 8.42 Å². The number of nitrogen functional groups attached to an aromatic ring is 1. The fraction of sp³-hybridized carbons (Fsp3) is 0.278. The maximum absolute atomic E-state index is 12.1. The second kappa shape index (κ2) is 6.07. The van der Waals surface area contributed by atoms with Crippen molar-refractivity contribution < 1.29 is 8.42 Å². The van der Waals surface area contributed by atoms with Gasteiger partial charge in [0.05, 0.1) is 28.2 Å². The van der Waals surface area contributed by atoms with Gasteiger partial charge in [-0.15, -0.1) is 0 Å². The van der Waals surface area contributed by atoms with Crippen molar-refractivity contribution in [3.8, 4) is 0 Å². The highest BCUT2D eigenvalue weighted by molar-refractivity contribution is 7.91. The number of imidazole rings is 1. The first-order valence-corrected chi connectivity index (χ1v) is 9.67. The third kappa shape index (κ3) is 2.95. The van der Waals surface area contributed by atoms with Crippen molar-refractivity contribution >= 4 is 37.9 Å². The first-order chi connectivity index (χ1) is 11.7. The number of hydrogen-bond acceptors (Lipinski definition) is 5. The van der Waals surface area contributed by atoms with Gasteiger partial charge in [-0.25, -0.2) is 13.4 Å². The molecule has 1 aromatic heterocycles. The summed E-state index contributed by atoms with van der Waals surface area (Å²) >= 11 is 0. The van der Waals surface area contributed by atoms with Crippen LogP contribution >= 0.6 is 0 Å². The topological polar surface area (TPSA) is 81.2 Å². The summed E-state index contributed by atoms with van der Waals surface area (Å²) < 4.78 is 26.1. The molecule has 0 bridgehead atoms. The van der Waals surface area contributed by atoms with E-state index < -0.39 is 9.84 Å². The van der Waals surface area contributed by atoms with E-state index in [4.69, 9.17) is 5.73 Å². The summed E-state index contributed by atoms with van der Waals surface area (Å²) in [5.41, 5.74) is 11.2. The van der Waals surface area contributed by atoms with Crippen LogP contribution < -0.4 is 10.6 Å². The van der Waals surface area contributed by atoms with Gasteiger partial charge in [0, 0.05) is 25.5 Å². The molecule has 1 heterocycles. The van der Waals surface area contributed by atoms with Crippen molar-refractivity contribution in [2.24, 2.45) is 7.05 Å². The Kier molecular flexibility index (Phi) is 4.20. The summed E-state index contributed by atoms with van der Waals surface area (Å²) in [6.07, 6.45) is 1.74. The Balaban J connectivity index is 2.07. The fourth-order valence-corrected chi connectivity index (χ4v) is 3.90. The SMILES string of the molecule is CCS(=O)(=O)c1ccc(N(C)c2cc(N)c3ncn(C)c3c2)c(C)c1. The largest absolute Gasteiger partial charge is 0.397 e. The van der Waals surface area contributed by atoms with Gasteiger partial charge in [0.15, 0.2) is 9.84 Å². The summed E-state index contributed by atoms with van der Waals surface area (Å²) in [6.45, 7) is 3.56. The third-order valence-corrected chi connectivity index (χ3v) is 6.23. The molecule has 0 amide bonds. The second-order valence-electron chi connectivity index (χ2n) is 6.17. The fourth-order valence-electron chi connectivity index (χ4n) is 2.94. The molecule has 25 heavy (non-hydrogen) atoms. The van der Waals surface area contributed by atoms with Crippen LogP contribution in [0.1, 0.15) is 12.5 Å². The zero-order valence-electron chi connectivity index (χ0n) is 14.8. The molecule has 0 saturated carbocycles. The number of fused-ring (bicyclic) bond motifs is 1. The van der Waals surface area contributed by atoms with Gasteiger partial charge >= 0.3 is 0 Å². The third-order valence-electron chi connectivity index (χ3n) is 4.50. The Hall–Kier alpha value is -2.54. The normalized spacial score (nSPS) is 11.8. The molecule has 132 valence electrons. The van der Waals surface area contributed by atoms with Crippen LogP contribution in [0.5, 0.6) is 0 Å². The van der Waals surface area contributed by atoms with E-state index in [0.717, 1.165) is 28.0 Å². The standard InChI is InChI=1S/C18H22N4O2S/c1-5-25(23,24)14-6-7-16(12(2)8-14)22(4)13-9-15(19)18-17(10-13)21(3)11-20-18/h6-11H,5,19H2,1-4H3. The number of anilines is 3. The van der Waals surface area contributed by atoms with Crippen LogP contribution in [0.15, 0.2) is 41.6 Å². The van der Waals surface area contributed by atoms with Gasteiger partial charge in [-0.2, -0.15) is 0 Å². The molecule has 0 aliphatic heterocycles. The molecule has 0 fully saturated rings. The Morgan fingerprint density at radius 2 is 1.96 bits per heavy atom. The maximum Gasteiger partial charge on any atom is 0.178 e. The zero-order chi connectivity index (χ0) is 18.4. The number of nitrogens with two attached hydrogens (primary N) is 1. The van der Waals surface area contributed by atoms with Crippen molar-refractivity contribution in [3.63, 3.8) is 0 Å². The van der Waals surface area contributed by atoms with Gasteiger partial charge in [-0.1, -0.05) is 6.92 Å². The van der Waals surface area contributed by atoms with Crippen molar-refractivity contribution in [3.05, 3.63) is 42.2 Å². The minimum absolute atomic E-state index is 0.0926. The van der Waals surface area contributed by atoms with E-state index in [2.05, 4.69) is 4.98 Å². The number of nitrogens with zero attached hydrogens (tertiary/aromatic N) is 3. The van der Waals surface area contributed by atoms with Crippen LogP contribution in [-0.4, -0.2) is 30.8 Å². The summed E-state index contributed by atoms with van der Waals surface area (Å²) in [4.78, 5) is 6.66. The molecule has 0 unspecified atom stereocenters. The van der Waals surface area contributed by atoms with Gasteiger partial charge < -0.3 is 15.2 Å². The van der Waals surface area contributed by atoms with Crippen LogP contribution in [0, 0.1) is 6.92 Å². The predicted molar refractivity (Wildman–Crippen MR) is 102 cm³/mol. The van der Waals surface area contributed by atoms with E-state index >= 15 is 0 Å². The van der Waals surface area contributed by atoms with E-state index in [0.29, 0.717) is 10.6 Å². The molecule has 3 rings (SSSR count). The number of aryl methyl sites for hydroxylation is 2.